The Morgan fingerprint density at radius 3 is 2.76 bits per heavy atom. The molecule has 0 radical (unpaired) electrons. The van der Waals surface area contributed by atoms with Gasteiger partial charge in [-0.15, -0.1) is 0 Å². The minimum atomic E-state index is 0.322. The van der Waals surface area contributed by atoms with Crippen LogP contribution in [0.2, 0.25) is 0 Å². The summed E-state index contributed by atoms with van der Waals surface area (Å²) in [5.41, 5.74) is 5.56. The molecule has 1 fully saturated rings. The van der Waals surface area contributed by atoms with Crippen LogP contribution in [-0.4, -0.2) is 22.6 Å². The van der Waals surface area contributed by atoms with E-state index in [1.165, 1.54) is 12.0 Å². The van der Waals surface area contributed by atoms with Gasteiger partial charge in [-0.1, -0.05) is 30.3 Å². The van der Waals surface area contributed by atoms with Crippen molar-refractivity contribution in [2.45, 2.75) is 31.5 Å². The SMILES string of the molecule is c1ccc([C@@H]2NCCC[C@@H]2NCc2cc(-c3cncnc3)cc3ccoc23)cc1. The lowest BCUT2D eigenvalue weighted by Crippen LogP contribution is -2.45. The first kappa shape index (κ1) is 18.0. The Morgan fingerprint density at radius 1 is 1.03 bits per heavy atom. The van der Waals surface area contributed by atoms with Crippen molar-refractivity contribution < 1.29 is 4.42 Å². The summed E-state index contributed by atoms with van der Waals surface area (Å²) < 4.78 is 5.80. The minimum Gasteiger partial charge on any atom is -0.464 e. The smallest absolute Gasteiger partial charge is 0.138 e. The van der Waals surface area contributed by atoms with Crippen molar-refractivity contribution in [1.82, 2.24) is 20.6 Å². The number of rotatable bonds is 5. The second-order valence-corrected chi connectivity index (χ2v) is 7.57. The van der Waals surface area contributed by atoms with Gasteiger partial charge in [-0.3, -0.25) is 0 Å². The van der Waals surface area contributed by atoms with Crippen molar-refractivity contribution in [2.75, 3.05) is 6.54 Å². The number of nitrogens with one attached hydrogen (secondary N) is 2. The highest BCUT2D eigenvalue weighted by Gasteiger charge is 2.25. The Morgan fingerprint density at radius 2 is 1.90 bits per heavy atom. The molecule has 29 heavy (non-hydrogen) atoms. The average molecular weight is 384 g/mol. The van der Waals surface area contributed by atoms with Crippen LogP contribution in [0.5, 0.6) is 0 Å². The first-order valence-electron chi connectivity index (χ1n) is 10.2. The van der Waals surface area contributed by atoms with Gasteiger partial charge in [-0.2, -0.15) is 0 Å². The fourth-order valence-corrected chi connectivity index (χ4v) is 4.26. The van der Waals surface area contributed by atoms with Gasteiger partial charge in [0, 0.05) is 47.5 Å². The molecule has 0 saturated carbocycles. The summed E-state index contributed by atoms with van der Waals surface area (Å²) in [7, 11) is 0. The summed E-state index contributed by atoms with van der Waals surface area (Å²) >= 11 is 0. The van der Waals surface area contributed by atoms with E-state index in [4.69, 9.17) is 4.42 Å². The summed E-state index contributed by atoms with van der Waals surface area (Å²) in [6.45, 7) is 1.81. The zero-order valence-electron chi connectivity index (χ0n) is 16.2. The quantitative estimate of drug-likeness (QED) is 0.531. The second-order valence-electron chi connectivity index (χ2n) is 7.57. The topological polar surface area (TPSA) is 63.0 Å². The van der Waals surface area contributed by atoms with Gasteiger partial charge in [-0.05, 0) is 48.7 Å². The Bertz CT molecular complexity index is 1080. The van der Waals surface area contributed by atoms with E-state index in [1.54, 1.807) is 12.6 Å². The first-order valence-corrected chi connectivity index (χ1v) is 10.2. The zero-order valence-corrected chi connectivity index (χ0v) is 16.2. The average Bonchev–Trinajstić information content (AvgIpc) is 3.28. The summed E-state index contributed by atoms with van der Waals surface area (Å²) in [6, 6.07) is 17.7. The molecule has 5 nitrogen and oxygen atoms in total. The van der Waals surface area contributed by atoms with Crippen LogP contribution in [-0.2, 0) is 6.54 Å². The highest BCUT2D eigenvalue weighted by atomic mass is 16.3. The van der Waals surface area contributed by atoms with Gasteiger partial charge in [0.2, 0.25) is 0 Å². The number of fused-ring (bicyclic) bond motifs is 1. The first-order chi connectivity index (χ1) is 14.4. The number of nitrogens with zero attached hydrogens (tertiary/aromatic N) is 2. The number of furan rings is 1. The van der Waals surface area contributed by atoms with Crippen molar-refractivity contribution >= 4 is 11.0 Å². The summed E-state index contributed by atoms with van der Waals surface area (Å²) in [5, 5.41) is 8.58. The molecule has 2 N–H and O–H groups in total. The Labute approximate surface area is 170 Å². The lowest BCUT2D eigenvalue weighted by atomic mass is 9.92. The second kappa shape index (κ2) is 8.15. The lowest BCUT2D eigenvalue weighted by Gasteiger charge is -2.34. The van der Waals surface area contributed by atoms with Crippen LogP contribution >= 0.6 is 0 Å². The summed E-state index contributed by atoms with van der Waals surface area (Å²) in [5.74, 6) is 0. The molecule has 1 saturated heterocycles. The highest BCUT2D eigenvalue weighted by molar-refractivity contribution is 5.86. The number of hydrogen-bond donors (Lipinski definition) is 2. The maximum atomic E-state index is 5.80. The molecule has 146 valence electrons. The predicted octanol–water partition coefficient (Wildman–Crippen LogP) is 4.47. The van der Waals surface area contributed by atoms with Crippen molar-refractivity contribution in [3.63, 3.8) is 0 Å². The van der Waals surface area contributed by atoms with E-state index in [0.717, 1.165) is 47.2 Å². The van der Waals surface area contributed by atoms with E-state index in [1.807, 2.05) is 18.5 Å². The van der Waals surface area contributed by atoms with E-state index in [-0.39, 0.29) is 0 Å². The van der Waals surface area contributed by atoms with Crippen LogP contribution in [0.25, 0.3) is 22.1 Å². The van der Waals surface area contributed by atoms with Crippen molar-refractivity contribution in [3.05, 3.63) is 84.6 Å². The van der Waals surface area contributed by atoms with E-state index in [2.05, 4.69) is 63.1 Å². The molecule has 2 atom stereocenters. The number of aromatic nitrogens is 2. The normalized spacial score (nSPS) is 19.4. The molecular weight excluding hydrogens is 360 g/mol. The summed E-state index contributed by atoms with van der Waals surface area (Å²) in [4.78, 5) is 8.33. The Hall–Kier alpha value is -3.02. The highest BCUT2D eigenvalue weighted by Crippen LogP contribution is 2.29. The van der Waals surface area contributed by atoms with Gasteiger partial charge in [0.15, 0.2) is 0 Å². The maximum Gasteiger partial charge on any atom is 0.138 e. The molecule has 0 bridgehead atoms. The van der Waals surface area contributed by atoms with Gasteiger partial charge < -0.3 is 15.1 Å². The maximum absolute atomic E-state index is 5.80. The van der Waals surface area contributed by atoms with Crippen LogP contribution in [0.1, 0.15) is 30.0 Å². The molecule has 4 aromatic rings. The van der Waals surface area contributed by atoms with Gasteiger partial charge in [0.1, 0.15) is 11.9 Å². The molecule has 1 aliphatic rings. The minimum absolute atomic E-state index is 0.322. The fourth-order valence-electron chi connectivity index (χ4n) is 4.26. The van der Waals surface area contributed by atoms with Gasteiger partial charge >= 0.3 is 0 Å². The Balaban J connectivity index is 1.42. The van der Waals surface area contributed by atoms with Gasteiger partial charge in [0.05, 0.1) is 6.26 Å². The lowest BCUT2D eigenvalue weighted by molar-refractivity contribution is 0.304. The van der Waals surface area contributed by atoms with E-state index in [9.17, 15) is 0 Å². The molecule has 0 aliphatic carbocycles. The third kappa shape index (κ3) is 3.79. The predicted molar refractivity (Wildman–Crippen MR) is 114 cm³/mol. The van der Waals surface area contributed by atoms with Crippen molar-refractivity contribution in [1.29, 1.82) is 0 Å². The number of benzene rings is 2. The molecule has 0 unspecified atom stereocenters. The molecule has 0 amide bonds. The third-order valence-corrected chi connectivity index (χ3v) is 5.69. The fraction of sp³-hybridized carbons (Fsp3) is 0.250. The van der Waals surface area contributed by atoms with Crippen LogP contribution < -0.4 is 10.6 Å². The monoisotopic (exact) mass is 384 g/mol. The van der Waals surface area contributed by atoms with Crippen molar-refractivity contribution in [3.8, 4) is 11.1 Å². The molecule has 2 aromatic heterocycles. The largest absolute Gasteiger partial charge is 0.464 e. The van der Waals surface area contributed by atoms with Crippen molar-refractivity contribution in [2.24, 2.45) is 0 Å². The molecule has 3 heterocycles. The number of piperidine rings is 1. The third-order valence-electron chi connectivity index (χ3n) is 5.69. The molecule has 1 aliphatic heterocycles. The molecule has 5 heteroatoms. The van der Waals surface area contributed by atoms with Crippen LogP contribution in [0.3, 0.4) is 0 Å². The van der Waals surface area contributed by atoms with Gasteiger partial charge in [-0.25, -0.2) is 9.97 Å². The van der Waals surface area contributed by atoms with Crippen LogP contribution in [0, 0.1) is 0 Å². The van der Waals surface area contributed by atoms with Crippen LogP contribution in [0.15, 0.2) is 77.9 Å². The summed E-state index contributed by atoms with van der Waals surface area (Å²) in [6.07, 6.45) is 9.35. The Kier molecular flexibility index (Phi) is 5.07. The van der Waals surface area contributed by atoms with Crippen LogP contribution in [0.4, 0.5) is 0 Å². The zero-order chi connectivity index (χ0) is 19.5. The van der Waals surface area contributed by atoms with Gasteiger partial charge in [0.25, 0.3) is 0 Å². The molecule has 5 rings (SSSR count). The molecule has 0 spiro atoms. The molecule has 2 aromatic carbocycles. The van der Waals surface area contributed by atoms with E-state index < -0.39 is 0 Å². The molecular formula is C24H24N4O. The number of hydrogen-bond acceptors (Lipinski definition) is 5. The van der Waals surface area contributed by atoms with E-state index in [0.29, 0.717) is 12.1 Å². The standard InChI is InChI=1S/C24H24N4O/c1-2-5-17(6-3-1)23-22(7-4-9-27-23)28-15-20-12-19(21-13-25-16-26-14-21)11-18-8-10-29-24(18)20/h1-3,5-6,8,10-14,16,22-23,27-28H,4,7,9,15H2/t22-,23-/m0/s1. The van der Waals surface area contributed by atoms with E-state index >= 15 is 0 Å².